The molecular weight excluding hydrogens is 374 g/mol. The molecule has 0 aromatic heterocycles. The average molecular weight is 395 g/mol. The zero-order valence-corrected chi connectivity index (χ0v) is 15.9. The first-order chi connectivity index (χ1) is 13.9. The third-order valence-corrected chi connectivity index (χ3v) is 5.06. The monoisotopic (exact) mass is 395 g/mol. The number of anilines is 1. The Balaban J connectivity index is 1.37. The van der Waals surface area contributed by atoms with E-state index in [1.54, 1.807) is 25.1 Å². The second-order valence-electron chi connectivity index (χ2n) is 7.26. The first-order valence-corrected chi connectivity index (χ1v) is 9.32. The van der Waals surface area contributed by atoms with Gasteiger partial charge in [-0.1, -0.05) is 30.3 Å². The molecule has 1 atom stereocenters. The van der Waals surface area contributed by atoms with E-state index in [1.165, 1.54) is 0 Å². The summed E-state index contributed by atoms with van der Waals surface area (Å²) in [5.74, 6) is 0.261. The lowest BCUT2D eigenvalue weighted by Gasteiger charge is -2.21. The molecule has 150 valence electrons. The number of hydrogen-bond acceptors (Lipinski definition) is 5. The zero-order valence-electron chi connectivity index (χ0n) is 15.9. The number of nitrogens with zero attached hydrogens (tertiary/aromatic N) is 1. The highest BCUT2D eigenvalue weighted by atomic mass is 16.7. The fraction of sp³-hybridized carbons (Fsp3) is 0.286. The molecule has 0 spiro atoms. The SMILES string of the molecule is C[C@]1(CCc2ccccc2)NC(=O)N(CC(=O)Nc2ccc3c(c2)OCO3)C1=O. The van der Waals surface area contributed by atoms with Crippen molar-refractivity contribution in [3.8, 4) is 11.5 Å². The molecule has 8 nitrogen and oxygen atoms in total. The smallest absolute Gasteiger partial charge is 0.325 e. The van der Waals surface area contributed by atoms with Gasteiger partial charge in [0.2, 0.25) is 12.7 Å². The number of imide groups is 1. The molecule has 0 radical (unpaired) electrons. The van der Waals surface area contributed by atoms with Gasteiger partial charge in [-0.05, 0) is 37.5 Å². The van der Waals surface area contributed by atoms with Gasteiger partial charge in [0.1, 0.15) is 12.1 Å². The van der Waals surface area contributed by atoms with E-state index >= 15 is 0 Å². The Hall–Kier alpha value is -3.55. The third-order valence-electron chi connectivity index (χ3n) is 5.06. The maximum absolute atomic E-state index is 12.8. The number of urea groups is 1. The number of nitrogens with one attached hydrogen (secondary N) is 2. The quantitative estimate of drug-likeness (QED) is 0.732. The Bertz CT molecular complexity index is 962. The molecule has 2 aliphatic rings. The summed E-state index contributed by atoms with van der Waals surface area (Å²) in [4.78, 5) is 38.5. The topological polar surface area (TPSA) is 97.0 Å². The largest absolute Gasteiger partial charge is 0.454 e. The van der Waals surface area contributed by atoms with Crippen LogP contribution in [0.3, 0.4) is 0 Å². The van der Waals surface area contributed by atoms with Crippen LogP contribution in [0.1, 0.15) is 18.9 Å². The fourth-order valence-electron chi connectivity index (χ4n) is 3.42. The zero-order chi connectivity index (χ0) is 20.4. The van der Waals surface area contributed by atoms with Gasteiger partial charge in [0.25, 0.3) is 5.91 Å². The molecular formula is C21H21N3O5. The van der Waals surface area contributed by atoms with Gasteiger partial charge in [-0.2, -0.15) is 0 Å². The van der Waals surface area contributed by atoms with E-state index in [0.29, 0.717) is 30.0 Å². The Morgan fingerprint density at radius 2 is 1.90 bits per heavy atom. The number of ether oxygens (including phenoxy) is 2. The minimum Gasteiger partial charge on any atom is -0.454 e. The number of carbonyl (C=O) groups excluding carboxylic acids is 3. The normalized spacial score (nSPS) is 20.0. The van der Waals surface area contributed by atoms with Crippen LogP contribution < -0.4 is 20.1 Å². The van der Waals surface area contributed by atoms with Crippen LogP contribution in [0.25, 0.3) is 0 Å². The number of hydrogen-bond donors (Lipinski definition) is 2. The highest BCUT2D eigenvalue weighted by Crippen LogP contribution is 2.34. The number of rotatable bonds is 6. The number of benzene rings is 2. The lowest BCUT2D eigenvalue weighted by atomic mass is 9.93. The number of aryl methyl sites for hydroxylation is 1. The van der Waals surface area contributed by atoms with Crippen LogP contribution in [-0.2, 0) is 16.0 Å². The molecule has 1 saturated heterocycles. The first-order valence-electron chi connectivity index (χ1n) is 9.32. The second kappa shape index (κ2) is 7.46. The third kappa shape index (κ3) is 3.87. The van der Waals surface area contributed by atoms with E-state index in [-0.39, 0.29) is 13.3 Å². The highest BCUT2D eigenvalue weighted by Gasteiger charge is 2.47. The summed E-state index contributed by atoms with van der Waals surface area (Å²) in [6.07, 6.45) is 1.09. The summed E-state index contributed by atoms with van der Waals surface area (Å²) in [6, 6.07) is 14.2. The maximum atomic E-state index is 12.8. The average Bonchev–Trinajstić information content (AvgIpc) is 3.25. The lowest BCUT2D eigenvalue weighted by molar-refractivity contribution is -0.133. The molecule has 2 heterocycles. The van der Waals surface area contributed by atoms with Crippen molar-refractivity contribution in [1.82, 2.24) is 10.2 Å². The summed E-state index contributed by atoms with van der Waals surface area (Å²) in [5.41, 5.74) is 0.541. The van der Waals surface area contributed by atoms with Gasteiger partial charge in [-0.15, -0.1) is 0 Å². The molecule has 0 unspecified atom stereocenters. The lowest BCUT2D eigenvalue weighted by Crippen LogP contribution is -2.45. The van der Waals surface area contributed by atoms with E-state index in [0.717, 1.165) is 10.5 Å². The van der Waals surface area contributed by atoms with Crippen molar-refractivity contribution in [2.45, 2.75) is 25.3 Å². The summed E-state index contributed by atoms with van der Waals surface area (Å²) in [6.45, 7) is 1.46. The fourth-order valence-corrected chi connectivity index (χ4v) is 3.42. The molecule has 1 fully saturated rings. The predicted molar refractivity (Wildman–Crippen MR) is 105 cm³/mol. The van der Waals surface area contributed by atoms with Gasteiger partial charge < -0.3 is 20.1 Å². The molecule has 2 N–H and O–H groups in total. The molecule has 0 aliphatic carbocycles. The Morgan fingerprint density at radius 1 is 1.14 bits per heavy atom. The van der Waals surface area contributed by atoms with Crippen LogP contribution in [0.15, 0.2) is 48.5 Å². The maximum Gasteiger partial charge on any atom is 0.325 e. The van der Waals surface area contributed by atoms with Crippen molar-refractivity contribution in [1.29, 1.82) is 0 Å². The number of carbonyl (C=O) groups is 3. The van der Waals surface area contributed by atoms with Gasteiger partial charge in [0.05, 0.1) is 0 Å². The molecule has 4 amide bonds. The minimum absolute atomic E-state index is 0.136. The Labute approximate surface area is 167 Å². The minimum atomic E-state index is -1.04. The summed E-state index contributed by atoms with van der Waals surface area (Å²) < 4.78 is 10.5. The highest BCUT2D eigenvalue weighted by molar-refractivity contribution is 6.09. The summed E-state index contributed by atoms with van der Waals surface area (Å²) >= 11 is 0. The molecule has 4 rings (SSSR count). The van der Waals surface area contributed by atoms with Crippen LogP contribution in [0.4, 0.5) is 10.5 Å². The van der Waals surface area contributed by atoms with Gasteiger partial charge in [-0.25, -0.2) is 4.79 Å². The van der Waals surface area contributed by atoms with Gasteiger partial charge >= 0.3 is 6.03 Å². The predicted octanol–water partition coefficient (Wildman–Crippen LogP) is 2.30. The van der Waals surface area contributed by atoms with E-state index in [9.17, 15) is 14.4 Å². The van der Waals surface area contributed by atoms with Gasteiger partial charge in [0, 0.05) is 11.8 Å². The molecule has 0 bridgehead atoms. The van der Waals surface area contributed by atoms with Crippen molar-refractivity contribution < 1.29 is 23.9 Å². The van der Waals surface area contributed by atoms with Crippen LogP contribution in [0, 0.1) is 0 Å². The van der Waals surface area contributed by atoms with Crippen LogP contribution in [0.2, 0.25) is 0 Å². The number of fused-ring (bicyclic) bond motifs is 1. The molecule has 2 aromatic carbocycles. The summed E-state index contributed by atoms with van der Waals surface area (Å²) in [5, 5.41) is 5.40. The van der Waals surface area contributed by atoms with Crippen molar-refractivity contribution in [3.05, 3.63) is 54.1 Å². The Kier molecular flexibility index (Phi) is 4.84. The molecule has 8 heteroatoms. The molecule has 29 heavy (non-hydrogen) atoms. The van der Waals surface area contributed by atoms with E-state index in [1.807, 2.05) is 30.3 Å². The van der Waals surface area contributed by atoms with Crippen molar-refractivity contribution in [2.24, 2.45) is 0 Å². The van der Waals surface area contributed by atoms with Crippen LogP contribution in [-0.4, -0.2) is 41.6 Å². The summed E-state index contributed by atoms with van der Waals surface area (Å²) in [7, 11) is 0. The van der Waals surface area contributed by atoms with Gasteiger partial charge in [0.15, 0.2) is 11.5 Å². The molecule has 2 aromatic rings. The van der Waals surface area contributed by atoms with Crippen molar-refractivity contribution >= 4 is 23.5 Å². The second-order valence-corrected chi connectivity index (χ2v) is 7.26. The van der Waals surface area contributed by atoms with E-state index in [2.05, 4.69) is 10.6 Å². The molecule has 0 saturated carbocycles. The van der Waals surface area contributed by atoms with E-state index < -0.39 is 23.4 Å². The van der Waals surface area contributed by atoms with Crippen molar-refractivity contribution in [3.63, 3.8) is 0 Å². The van der Waals surface area contributed by atoms with Crippen LogP contribution >= 0.6 is 0 Å². The van der Waals surface area contributed by atoms with E-state index in [4.69, 9.17) is 9.47 Å². The number of amides is 4. The van der Waals surface area contributed by atoms with Gasteiger partial charge in [-0.3, -0.25) is 14.5 Å². The first kappa shape index (κ1) is 18.8. The van der Waals surface area contributed by atoms with Crippen LogP contribution in [0.5, 0.6) is 11.5 Å². The standard InChI is InChI=1S/C21H21N3O5/c1-21(10-9-14-5-3-2-4-6-14)19(26)24(20(27)23-21)12-18(25)22-15-7-8-16-17(11-15)29-13-28-16/h2-8,11H,9-10,12-13H2,1H3,(H,22,25)(H,23,27)/t21-/m1/s1. The van der Waals surface area contributed by atoms with Crippen molar-refractivity contribution in [2.75, 3.05) is 18.7 Å². The Morgan fingerprint density at radius 3 is 2.69 bits per heavy atom. The molecule has 2 aliphatic heterocycles.